The van der Waals surface area contributed by atoms with Gasteiger partial charge >= 0.3 is 0 Å². The van der Waals surface area contributed by atoms with E-state index in [1.54, 1.807) is 0 Å². The number of pyridine rings is 1. The number of hydrogen-bond acceptors (Lipinski definition) is 2. The molecule has 2 nitrogen and oxygen atoms in total. The second-order valence-corrected chi connectivity index (χ2v) is 7.97. The first kappa shape index (κ1) is 23.4. The Hall–Kier alpha value is -1.90. The minimum atomic E-state index is -0.696. The van der Waals surface area contributed by atoms with Gasteiger partial charge in [-0.1, -0.05) is 64.9 Å². The lowest BCUT2D eigenvalue weighted by Crippen LogP contribution is -2.02. The van der Waals surface area contributed by atoms with Gasteiger partial charge in [0.05, 0.1) is 12.3 Å². The van der Waals surface area contributed by atoms with E-state index in [2.05, 4.69) is 37.0 Å². The first-order chi connectivity index (χ1) is 14.2. The van der Waals surface area contributed by atoms with Crippen LogP contribution in [0.15, 0.2) is 42.6 Å². The number of benzene rings is 1. The fourth-order valence-electron chi connectivity index (χ4n) is 3.43. The molecule has 0 saturated carbocycles. The Labute approximate surface area is 176 Å². The van der Waals surface area contributed by atoms with Gasteiger partial charge in [-0.15, -0.1) is 0 Å². The van der Waals surface area contributed by atoms with Crippen LogP contribution in [0.25, 0.3) is 11.3 Å². The molecule has 3 heteroatoms. The average Bonchev–Trinajstić information content (AvgIpc) is 2.76. The van der Waals surface area contributed by atoms with E-state index in [1.165, 1.54) is 32.1 Å². The van der Waals surface area contributed by atoms with Crippen LogP contribution in [0.4, 0.5) is 4.39 Å². The summed E-state index contributed by atoms with van der Waals surface area (Å²) in [6.45, 7) is 5.13. The summed E-state index contributed by atoms with van der Waals surface area (Å²) in [5, 5.41) is 0. The number of nitrogens with zero attached hydrogens (tertiary/aromatic N) is 1. The molecule has 0 N–H and O–H groups in total. The van der Waals surface area contributed by atoms with E-state index in [4.69, 9.17) is 4.74 Å². The van der Waals surface area contributed by atoms with Gasteiger partial charge in [-0.2, -0.15) is 0 Å². The monoisotopic (exact) mass is 399 g/mol. The summed E-state index contributed by atoms with van der Waals surface area (Å²) in [6.07, 6.45) is 12.9. The first-order valence-electron chi connectivity index (χ1n) is 11.5. The lowest BCUT2D eigenvalue weighted by atomic mass is 10.0. The zero-order chi connectivity index (χ0) is 20.7. The van der Waals surface area contributed by atoms with Crippen LogP contribution in [-0.2, 0) is 6.42 Å². The molecule has 1 aromatic carbocycles. The van der Waals surface area contributed by atoms with Crippen molar-refractivity contribution in [3.05, 3.63) is 48.2 Å². The first-order valence-corrected chi connectivity index (χ1v) is 11.5. The second kappa shape index (κ2) is 14.1. The van der Waals surface area contributed by atoms with Crippen molar-refractivity contribution in [2.45, 2.75) is 90.6 Å². The lowest BCUT2D eigenvalue weighted by Gasteiger charge is -2.09. The van der Waals surface area contributed by atoms with Crippen molar-refractivity contribution < 1.29 is 9.13 Å². The molecule has 2 aromatic rings. The summed E-state index contributed by atoms with van der Waals surface area (Å²) in [5.74, 6) is 0.917. The van der Waals surface area contributed by atoms with Crippen LogP contribution in [0.3, 0.4) is 0 Å². The fourth-order valence-corrected chi connectivity index (χ4v) is 3.43. The van der Waals surface area contributed by atoms with Crippen LogP contribution >= 0.6 is 0 Å². The third-order valence-corrected chi connectivity index (χ3v) is 5.36. The maximum absolute atomic E-state index is 13.8. The molecule has 0 aliphatic carbocycles. The number of rotatable bonds is 15. The highest BCUT2D eigenvalue weighted by Gasteiger charge is 2.07. The molecular formula is C26H38FNO. The van der Waals surface area contributed by atoms with Crippen molar-refractivity contribution in [1.82, 2.24) is 4.98 Å². The Bertz CT molecular complexity index is 653. The molecule has 0 aliphatic heterocycles. The third kappa shape index (κ3) is 9.43. The zero-order valence-corrected chi connectivity index (χ0v) is 18.3. The molecule has 0 radical (unpaired) electrons. The van der Waals surface area contributed by atoms with E-state index < -0.39 is 6.17 Å². The molecule has 1 atom stereocenters. The highest BCUT2D eigenvalue weighted by Crippen LogP contribution is 2.22. The van der Waals surface area contributed by atoms with E-state index in [0.29, 0.717) is 12.8 Å². The Balaban J connectivity index is 1.73. The van der Waals surface area contributed by atoms with Crippen LogP contribution in [0.5, 0.6) is 5.75 Å². The van der Waals surface area contributed by atoms with Crippen molar-refractivity contribution >= 4 is 0 Å². The lowest BCUT2D eigenvalue weighted by molar-refractivity contribution is 0.290. The molecule has 1 unspecified atom stereocenters. The summed E-state index contributed by atoms with van der Waals surface area (Å²) < 4.78 is 19.7. The minimum Gasteiger partial charge on any atom is -0.494 e. The highest BCUT2D eigenvalue weighted by molar-refractivity contribution is 5.60. The predicted octanol–water partition coefficient (Wildman–Crippen LogP) is 7.95. The van der Waals surface area contributed by atoms with Gasteiger partial charge in [-0.25, -0.2) is 4.39 Å². The zero-order valence-electron chi connectivity index (χ0n) is 18.3. The van der Waals surface area contributed by atoms with E-state index in [9.17, 15) is 4.39 Å². The summed E-state index contributed by atoms with van der Waals surface area (Å²) in [6, 6.07) is 12.2. The Morgan fingerprint density at radius 1 is 0.828 bits per heavy atom. The maximum atomic E-state index is 13.8. The second-order valence-electron chi connectivity index (χ2n) is 7.97. The highest BCUT2D eigenvalue weighted by atomic mass is 19.1. The van der Waals surface area contributed by atoms with Gasteiger partial charge in [0.15, 0.2) is 0 Å². The number of alkyl halides is 1. The average molecular weight is 400 g/mol. The molecule has 0 spiro atoms. The Morgan fingerprint density at radius 3 is 2.24 bits per heavy atom. The molecule has 0 bridgehead atoms. The number of halogens is 1. The summed E-state index contributed by atoms with van der Waals surface area (Å²) >= 11 is 0. The SMILES string of the molecule is CCCCCCCCOc1ccc(-c2ccc(CCC(F)CCCC)cn2)cc1. The van der Waals surface area contributed by atoms with E-state index in [0.717, 1.165) is 54.9 Å². The number of aromatic nitrogens is 1. The number of unbranched alkanes of at least 4 members (excludes halogenated alkanes) is 6. The van der Waals surface area contributed by atoms with Crippen LogP contribution in [0.1, 0.15) is 83.6 Å². The normalized spacial score (nSPS) is 12.1. The molecule has 0 fully saturated rings. The standard InChI is InChI=1S/C26H38FNO/c1-3-5-7-8-9-10-20-29-25-17-14-23(15-18-25)26-19-13-22(21-28-26)12-16-24(27)11-6-4-2/h13-15,17-19,21,24H,3-12,16,20H2,1-2H3. The molecule has 160 valence electrons. The smallest absolute Gasteiger partial charge is 0.119 e. The van der Waals surface area contributed by atoms with Crippen LogP contribution in [-0.4, -0.2) is 17.8 Å². The summed E-state index contributed by atoms with van der Waals surface area (Å²) in [5.41, 5.74) is 3.13. The topological polar surface area (TPSA) is 22.1 Å². The molecule has 0 saturated heterocycles. The molecule has 1 heterocycles. The van der Waals surface area contributed by atoms with E-state index >= 15 is 0 Å². The van der Waals surface area contributed by atoms with Gasteiger partial charge in [0, 0.05) is 11.8 Å². The van der Waals surface area contributed by atoms with E-state index in [-0.39, 0.29) is 0 Å². The number of ether oxygens (including phenoxy) is 1. The molecule has 29 heavy (non-hydrogen) atoms. The summed E-state index contributed by atoms with van der Waals surface area (Å²) in [4.78, 5) is 4.57. The molecule has 0 amide bonds. The molecule has 1 aromatic heterocycles. The quantitative estimate of drug-likeness (QED) is 0.283. The van der Waals surface area contributed by atoms with Gasteiger partial charge in [0.2, 0.25) is 0 Å². The number of aryl methyl sites for hydroxylation is 1. The van der Waals surface area contributed by atoms with Crippen LogP contribution in [0.2, 0.25) is 0 Å². The van der Waals surface area contributed by atoms with Crippen molar-refractivity contribution in [2.24, 2.45) is 0 Å². The molecule has 2 rings (SSSR count). The predicted molar refractivity (Wildman–Crippen MR) is 121 cm³/mol. The van der Waals surface area contributed by atoms with Crippen molar-refractivity contribution in [1.29, 1.82) is 0 Å². The van der Waals surface area contributed by atoms with E-state index in [1.807, 2.05) is 24.4 Å². The van der Waals surface area contributed by atoms with Gasteiger partial charge in [-0.3, -0.25) is 4.98 Å². The third-order valence-electron chi connectivity index (χ3n) is 5.36. The largest absolute Gasteiger partial charge is 0.494 e. The van der Waals surface area contributed by atoms with Gasteiger partial charge in [0.1, 0.15) is 11.9 Å². The maximum Gasteiger partial charge on any atom is 0.119 e. The molecular weight excluding hydrogens is 361 g/mol. The van der Waals surface area contributed by atoms with Crippen molar-refractivity contribution in [3.8, 4) is 17.0 Å². The molecule has 0 aliphatic rings. The van der Waals surface area contributed by atoms with Gasteiger partial charge < -0.3 is 4.74 Å². The Kier molecular flexibility index (Phi) is 11.4. The minimum absolute atomic E-state index is 0.589. The van der Waals surface area contributed by atoms with Crippen molar-refractivity contribution in [3.63, 3.8) is 0 Å². The van der Waals surface area contributed by atoms with Gasteiger partial charge in [-0.05, 0) is 61.6 Å². The van der Waals surface area contributed by atoms with Gasteiger partial charge in [0.25, 0.3) is 0 Å². The fraction of sp³-hybridized carbons (Fsp3) is 0.577. The van der Waals surface area contributed by atoms with Crippen molar-refractivity contribution in [2.75, 3.05) is 6.61 Å². The summed E-state index contributed by atoms with van der Waals surface area (Å²) in [7, 11) is 0. The van der Waals surface area contributed by atoms with Crippen LogP contribution < -0.4 is 4.74 Å². The number of hydrogen-bond donors (Lipinski definition) is 0. The Morgan fingerprint density at radius 2 is 1.55 bits per heavy atom. The van der Waals surface area contributed by atoms with Crippen LogP contribution in [0, 0.1) is 0 Å².